The molecule has 0 unspecified atom stereocenters. The number of nitroso groups, excluding NO2 is 1. The molecule has 0 radical (unpaired) electrons. The third-order valence-corrected chi connectivity index (χ3v) is 2.09. The molecule has 72 valence electrons. The Morgan fingerprint density at radius 2 is 2.36 bits per heavy atom. The number of fused-ring (bicyclic) bond motifs is 1. The number of rotatable bonds is 2. The van der Waals surface area contributed by atoms with E-state index in [0.29, 0.717) is 11.3 Å². The lowest BCUT2D eigenvalue weighted by Gasteiger charge is -1.97. The third-order valence-electron chi connectivity index (χ3n) is 2.09. The summed E-state index contributed by atoms with van der Waals surface area (Å²) in [7, 11) is 0. The van der Waals surface area contributed by atoms with Crippen molar-refractivity contribution < 1.29 is 5.11 Å². The van der Waals surface area contributed by atoms with Gasteiger partial charge >= 0.3 is 0 Å². The van der Waals surface area contributed by atoms with Crippen LogP contribution in [0, 0.1) is 11.8 Å². The van der Waals surface area contributed by atoms with E-state index in [1.807, 2.05) is 0 Å². The van der Waals surface area contributed by atoms with Gasteiger partial charge in [-0.25, -0.2) is 4.98 Å². The fourth-order valence-corrected chi connectivity index (χ4v) is 1.40. The van der Waals surface area contributed by atoms with Gasteiger partial charge in [0.2, 0.25) is 5.82 Å². The van der Waals surface area contributed by atoms with Crippen molar-refractivity contribution in [3.05, 3.63) is 34.5 Å². The van der Waals surface area contributed by atoms with Crippen LogP contribution in [0.3, 0.4) is 0 Å². The molecule has 0 aromatic carbocycles. The zero-order valence-corrected chi connectivity index (χ0v) is 7.64. The summed E-state index contributed by atoms with van der Waals surface area (Å²) in [6, 6.07) is 3.50. The lowest BCUT2D eigenvalue weighted by molar-refractivity contribution is 0.281. The summed E-state index contributed by atoms with van der Waals surface area (Å²) in [5.74, 6) is 0.287. The van der Waals surface area contributed by atoms with Crippen molar-refractivity contribution in [3.63, 3.8) is 0 Å². The van der Waals surface area contributed by atoms with Crippen LogP contribution in [0.2, 0.25) is 0 Å². The van der Waals surface area contributed by atoms with Gasteiger partial charge in [-0.3, -0.25) is 4.40 Å². The highest BCUT2D eigenvalue weighted by Gasteiger charge is 2.08. The minimum Gasteiger partial charge on any atom is -0.392 e. The van der Waals surface area contributed by atoms with Crippen molar-refractivity contribution in [1.29, 1.82) is 0 Å². The Kier molecular flexibility index (Phi) is 2.01. The fourth-order valence-electron chi connectivity index (χ4n) is 1.40. The smallest absolute Gasteiger partial charge is 0.204 e. The summed E-state index contributed by atoms with van der Waals surface area (Å²) in [6.45, 7) is 1.66. The summed E-state index contributed by atoms with van der Waals surface area (Å²) < 4.78 is 1.58. The van der Waals surface area contributed by atoms with E-state index in [9.17, 15) is 4.91 Å². The predicted molar refractivity (Wildman–Crippen MR) is 51.3 cm³/mol. The predicted octanol–water partition coefficient (Wildman–Crippen LogP) is 1.53. The number of aliphatic hydroxyl groups excluding tert-OH is 1. The zero-order valence-electron chi connectivity index (χ0n) is 7.64. The van der Waals surface area contributed by atoms with Gasteiger partial charge in [-0.15, -0.1) is 4.91 Å². The monoisotopic (exact) mass is 191 g/mol. The minimum absolute atomic E-state index is 0.0640. The Morgan fingerprint density at radius 1 is 1.57 bits per heavy atom. The van der Waals surface area contributed by atoms with Crippen LogP contribution in [0.1, 0.15) is 11.3 Å². The molecule has 2 aromatic heterocycles. The molecule has 0 bridgehead atoms. The van der Waals surface area contributed by atoms with Crippen LogP contribution < -0.4 is 0 Å². The van der Waals surface area contributed by atoms with Crippen molar-refractivity contribution in [1.82, 2.24) is 9.38 Å². The molecule has 0 aliphatic carbocycles. The van der Waals surface area contributed by atoms with Crippen LogP contribution in [0.4, 0.5) is 5.82 Å². The molecular weight excluding hydrogens is 182 g/mol. The topological polar surface area (TPSA) is 67.0 Å². The lowest BCUT2D eigenvalue weighted by atomic mass is 10.3. The van der Waals surface area contributed by atoms with Crippen molar-refractivity contribution in [2.45, 2.75) is 13.5 Å². The van der Waals surface area contributed by atoms with Crippen LogP contribution in [0.15, 0.2) is 23.5 Å². The average Bonchev–Trinajstić information content (AvgIpc) is 2.52. The quantitative estimate of drug-likeness (QED) is 0.732. The molecule has 0 amide bonds. The molecule has 0 spiro atoms. The van der Waals surface area contributed by atoms with E-state index in [4.69, 9.17) is 5.11 Å². The Balaban J connectivity index is 2.77. The zero-order chi connectivity index (χ0) is 10.1. The molecule has 0 saturated carbocycles. The van der Waals surface area contributed by atoms with E-state index in [-0.39, 0.29) is 12.4 Å². The van der Waals surface area contributed by atoms with Gasteiger partial charge in [0.15, 0.2) is 0 Å². The van der Waals surface area contributed by atoms with E-state index in [1.54, 1.807) is 29.7 Å². The van der Waals surface area contributed by atoms with Crippen LogP contribution >= 0.6 is 0 Å². The molecule has 5 heteroatoms. The highest BCUT2D eigenvalue weighted by Crippen LogP contribution is 2.20. The van der Waals surface area contributed by atoms with Gasteiger partial charge in [-0.05, 0) is 23.7 Å². The average molecular weight is 191 g/mol. The van der Waals surface area contributed by atoms with Crippen molar-refractivity contribution in [3.8, 4) is 0 Å². The van der Waals surface area contributed by atoms with Crippen LogP contribution in [0.5, 0.6) is 0 Å². The highest BCUT2D eigenvalue weighted by molar-refractivity contribution is 5.52. The number of hydrogen-bond acceptors (Lipinski definition) is 4. The number of nitrogens with zero attached hydrogens (tertiary/aromatic N) is 3. The normalized spacial score (nSPS) is 10.7. The van der Waals surface area contributed by atoms with Gasteiger partial charge < -0.3 is 5.11 Å². The molecule has 14 heavy (non-hydrogen) atoms. The SMILES string of the molecule is Cc1nc2ccc(CO)cn2c1N=O. The van der Waals surface area contributed by atoms with Crippen LogP contribution in [-0.4, -0.2) is 14.5 Å². The van der Waals surface area contributed by atoms with Gasteiger partial charge in [0.05, 0.1) is 12.3 Å². The summed E-state index contributed by atoms with van der Waals surface area (Å²) in [5.41, 5.74) is 1.98. The molecule has 0 aliphatic rings. The molecule has 0 fully saturated rings. The number of aryl methyl sites for hydroxylation is 1. The molecule has 0 atom stereocenters. The maximum atomic E-state index is 10.5. The van der Waals surface area contributed by atoms with Gasteiger partial charge in [0.1, 0.15) is 5.65 Å². The van der Waals surface area contributed by atoms with E-state index >= 15 is 0 Å². The maximum Gasteiger partial charge on any atom is 0.204 e. The first-order chi connectivity index (χ1) is 6.76. The largest absolute Gasteiger partial charge is 0.392 e. The van der Waals surface area contributed by atoms with Gasteiger partial charge in [0, 0.05) is 6.20 Å². The second kappa shape index (κ2) is 3.19. The molecule has 0 saturated heterocycles. The summed E-state index contributed by atoms with van der Waals surface area (Å²) in [4.78, 5) is 14.7. The lowest BCUT2D eigenvalue weighted by Crippen LogP contribution is -1.89. The van der Waals surface area contributed by atoms with E-state index in [1.165, 1.54) is 0 Å². The summed E-state index contributed by atoms with van der Waals surface area (Å²) in [6.07, 6.45) is 1.66. The molecule has 2 rings (SSSR count). The maximum absolute atomic E-state index is 10.5. The first kappa shape index (κ1) is 8.83. The Hall–Kier alpha value is -1.75. The van der Waals surface area contributed by atoms with Crippen LogP contribution in [-0.2, 0) is 6.61 Å². The second-order valence-corrected chi connectivity index (χ2v) is 3.04. The summed E-state index contributed by atoms with van der Waals surface area (Å²) in [5, 5.41) is 11.8. The van der Waals surface area contributed by atoms with E-state index in [2.05, 4.69) is 10.2 Å². The van der Waals surface area contributed by atoms with Gasteiger partial charge in [-0.1, -0.05) is 6.07 Å². The Labute approximate surface area is 80.0 Å². The number of aliphatic hydroxyl groups is 1. The van der Waals surface area contributed by atoms with E-state index < -0.39 is 0 Å². The van der Waals surface area contributed by atoms with Gasteiger partial charge in [-0.2, -0.15) is 0 Å². The number of imidazole rings is 1. The van der Waals surface area contributed by atoms with Crippen molar-refractivity contribution in [2.24, 2.45) is 5.18 Å². The number of aromatic nitrogens is 2. The third kappa shape index (κ3) is 1.18. The molecule has 1 N–H and O–H groups in total. The molecular formula is C9H9N3O2. The molecule has 2 aromatic rings. The van der Waals surface area contributed by atoms with Crippen LogP contribution in [0.25, 0.3) is 5.65 Å². The van der Waals surface area contributed by atoms with Gasteiger partial charge in [0.25, 0.3) is 0 Å². The van der Waals surface area contributed by atoms with E-state index in [0.717, 1.165) is 5.56 Å². The highest BCUT2D eigenvalue weighted by atomic mass is 16.3. The number of pyridine rings is 1. The number of hydrogen-bond donors (Lipinski definition) is 1. The Bertz CT molecular complexity index is 490. The van der Waals surface area contributed by atoms with Crippen molar-refractivity contribution in [2.75, 3.05) is 0 Å². The minimum atomic E-state index is -0.0640. The first-order valence-corrected chi connectivity index (χ1v) is 4.18. The summed E-state index contributed by atoms with van der Waals surface area (Å²) >= 11 is 0. The Morgan fingerprint density at radius 3 is 3.00 bits per heavy atom. The second-order valence-electron chi connectivity index (χ2n) is 3.04. The molecule has 5 nitrogen and oxygen atoms in total. The molecule has 2 heterocycles. The standard InChI is InChI=1S/C9H9N3O2/c1-6-9(11-14)12-4-7(5-13)2-3-8(12)10-6/h2-4,13H,5H2,1H3. The first-order valence-electron chi connectivity index (χ1n) is 4.18. The molecule has 0 aliphatic heterocycles. The fraction of sp³-hybridized carbons (Fsp3) is 0.222. The van der Waals surface area contributed by atoms with Crippen molar-refractivity contribution >= 4 is 11.5 Å².